The summed E-state index contributed by atoms with van der Waals surface area (Å²) in [6.07, 6.45) is -1.10. The standard InChI is InChI=1S/C8H14O4/c1-6(2)4-5-7(3)8(11-9)12-10/h6-10H,1-3H3. The maximum absolute atomic E-state index is 8.21. The van der Waals surface area contributed by atoms with E-state index in [9.17, 15) is 0 Å². The molecule has 0 aromatic heterocycles. The van der Waals surface area contributed by atoms with Gasteiger partial charge in [-0.1, -0.05) is 19.8 Å². The molecule has 0 aromatic carbocycles. The van der Waals surface area contributed by atoms with Gasteiger partial charge in [0.1, 0.15) is 0 Å². The van der Waals surface area contributed by atoms with Gasteiger partial charge < -0.3 is 0 Å². The van der Waals surface area contributed by atoms with Crippen LogP contribution in [0.25, 0.3) is 0 Å². The highest BCUT2D eigenvalue weighted by Gasteiger charge is 2.16. The summed E-state index contributed by atoms with van der Waals surface area (Å²) in [4.78, 5) is 7.64. The van der Waals surface area contributed by atoms with E-state index < -0.39 is 6.29 Å². The van der Waals surface area contributed by atoms with Crippen molar-refractivity contribution in [3.05, 3.63) is 0 Å². The van der Waals surface area contributed by atoms with Gasteiger partial charge in [-0.3, -0.25) is 0 Å². The third-order valence-electron chi connectivity index (χ3n) is 1.22. The van der Waals surface area contributed by atoms with Gasteiger partial charge in [0, 0.05) is 5.92 Å². The lowest BCUT2D eigenvalue weighted by Gasteiger charge is -2.11. The van der Waals surface area contributed by atoms with Crippen LogP contribution < -0.4 is 0 Å². The van der Waals surface area contributed by atoms with E-state index in [-0.39, 0.29) is 11.8 Å². The van der Waals surface area contributed by atoms with E-state index in [1.165, 1.54) is 0 Å². The second-order valence-electron chi connectivity index (χ2n) is 2.81. The minimum absolute atomic E-state index is 0.241. The Morgan fingerprint density at radius 1 is 1.00 bits per heavy atom. The molecule has 0 saturated carbocycles. The van der Waals surface area contributed by atoms with Crippen LogP contribution in [0.3, 0.4) is 0 Å². The Bertz CT molecular complexity index is 164. The van der Waals surface area contributed by atoms with Crippen molar-refractivity contribution in [1.82, 2.24) is 0 Å². The van der Waals surface area contributed by atoms with Gasteiger partial charge in [0.2, 0.25) is 6.29 Å². The van der Waals surface area contributed by atoms with Crippen LogP contribution in [0.5, 0.6) is 0 Å². The van der Waals surface area contributed by atoms with Crippen LogP contribution in [0.1, 0.15) is 20.8 Å². The first-order valence-corrected chi connectivity index (χ1v) is 3.73. The Morgan fingerprint density at radius 3 is 1.83 bits per heavy atom. The van der Waals surface area contributed by atoms with E-state index in [0.29, 0.717) is 0 Å². The molecule has 0 spiro atoms. The summed E-state index contributed by atoms with van der Waals surface area (Å²) in [5, 5.41) is 16.4. The number of rotatable bonds is 3. The van der Waals surface area contributed by atoms with Crippen molar-refractivity contribution in [2.24, 2.45) is 11.8 Å². The topological polar surface area (TPSA) is 58.9 Å². The van der Waals surface area contributed by atoms with E-state index in [1.807, 2.05) is 13.8 Å². The zero-order valence-electron chi connectivity index (χ0n) is 7.44. The minimum Gasteiger partial charge on any atom is -0.249 e. The van der Waals surface area contributed by atoms with Crippen LogP contribution in [0.15, 0.2) is 0 Å². The number of hydrogen-bond donors (Lipinski definition) is 2. The van der Waals surface area contributed by atoms with Crippen molar-refractivity contribution in [2.75, 3.05) is 0 Å². The van der Waals surface area contributed by atoms with Gasteiger partial charge >= 0.3 is 0 Å². The SMILES string of the molecule is CC(C)C#CC(C)C(OO)OO. The molecular formula is C8H14O4. The van der Waals surface area contributed by atoms with Crippen molar-refractivity contribution >= 4 is 0 Å². The summed E-state index contributed by atoms with van der Waals surface area (Å²) >= 11 is 0. The lowest BCUT2D eigenvalue weighted by molar-refractivity contribution is -0.438. The van der Waals surface area contributed by atoms with E-state index in [4.69, 9.17) is 10.5 Å². The van der Waals surface area contributed by atoms with E-state index in [2.05, 4.69) is 21.6 Å². The Kier molecular flexibility index (Phi) is 5.68. The molecule has 2 N–H and O–H groups in total. The molecule has 0 rings (SSSR count). The highest BCUT2D eigenvalue weighted by atomic mass is 17.2. The smallest absolute Gasteiger partial charge is 0.237 e. The molecule has 0 bridgehead atoms. The van der Waals surface area contributed by atoms with Crippen LogP contribution in [0.2, 0.25) is 0 Å². The summed E-state index contributed by atoms with van der Waals surface area (Å²) < 4.78 is 0. The average Bonchev–Trinajstić information content (AvgIpc) is 2.03. The largest absolute Gasteiger partial charge is 0.249 e. The molecule has 4 heteroatoms. The van der Waals surface area contributed by atoms with Gasteiger partial charge in [0.25, 0.3) is 0 Å². The zero-order chi connectivity index (χ0) is 9.56. The van der Waals surface area contributed by atoms with Crippen molar-refractivity contribution in [1.29, 1.82) is 0 Å². The summed E-state index contributed by atoms with van der Waals surface area (Å²) in [6.45, 7) is 5.55. The molecule has 0 fully saturated rings. The third kappa shape index (κ3) is 4.31. The molecule has 1 atom stereocenters. The molecule has 4 nitrogen and oxygen atoms in total. The van der Waals surface area contributed by atoms with Gasteiger partial charge in [0.05, 0.1) is 5.92 Å². The second-order valence-corrected chi connectivity index (χ2v) is 2.81. The molecule has 1 unspecified atom stereocenters. The van der Waals surface area contributed by atoms with Gasteiger partial charge in [0.15, 0.2) is 0 Å². The fourth-order valence-electron chi connectivity index (χ4n) is 0.568. The molecule has 0 heterocycles. The van der Waals surface area contributed by atoms with Crippen LogP contribution in [0.4, 0.5) is 0 Å². The first-order chi connectivity index (χ1) is 5.61. The highest BCUT2D eigenvalue weighted by Crippen LogP contribution is 2.05. The van der Waals surface area contributed by atoms with E-state index in [1.54, 1.807) is 6.92 Å². The molecule has 0 amide bonds. The monoisotopic (exact) mass is 174 g/mol. The lowest BCUT2D eigenvalue weighted by atomic mass is 10.1. The Morgan fingerprint density at radius 2 is 1.50 bits per heavy atom. The maximum Gasteiger partial charge on any atom is 0.237 e. The number of hydrogen-bond acceptors (Lipinski definition) is 4. The summed E-state index contributed by atoms with van der Waals surface area (Å²) in [5.74, 6) is 5.49. The zero-order valence-corrected chi connectivity index (χ0v) is 7.44. The predicted octanol–water partition coefficient (Wildman–Crippen LogP) is 1.59. The molecule has 0 aromatic rings. The van der Waals surface area contributed by atoms with Crippen molar-refractivity contribution < 1.29 is 20.3 Å². The second kappa shape index (κ2) is 5.98. The molecular weight excluding hydrogens is 160 g/mol. The molecule has 0 saturated heterocycles. The van der Waals surface area contributed by atoms with Crippen molar-refractivity contribution in [3.63, 3.8) is 0 Å². The molecule has 0 aliphatic heterocycles. The average molecular weight is 174 g/mol. The summed E-state index contributed by atoms with van der Waals surface area (Å²) in [6, 6.07) is 0. The predicted molar refractivity (Wildman–Crippen MR) is 43.0 cm³/mol. The van der Waals surface area contributed by atoms with Crippen molar-refractivity contribution in [2.45, 2.75) is 27.1 Å². The summed E-state index contributed by atoms with van der Waals surface area (Å²) in [7, 11) is 0. The van der Waals surface area contributed by atoms with Crippen LogP contribution in [-0.4, -0.2) is 16.8 Å². The molecule has 0 radical (unpaired) electrons. The molecule has 12 heavy (non-hydrogen) atoms. The van der Waals surface area contributed by atoms with Gasteiger partial charge in [-0.2, -0.15) is 0 Å². The highest BCUT2D eigenvalue weighted by molar-refractivity contribution is 5.05. The lowest BCUT2D eigenvalue weighted by Crippen LogP contribution is -2.21. The van der Waals surface area contributed by atoms with Gasteiger partial charge in [-0.05, 0) is 6.92 Å². The van der Waals surface area contributed by atoms with Crippen LogP contribution in [0, 0.1) is 23.7 Å². The Hall–Kier alpha value is -0.600. The fourth-order valence-corrected chi connectivity index (χ4v) is 0.568. The van der Waals surface area contributed by atoms with Crippen LogP contribution >= 0.6 is 0 Å². The Balaban J connectivity index is 4.02. The van der Waals surface area contributed by atoms with Gasteiger partial charge in [-0.15, -0.1) is 5.92 Å². The third-order valence-corrected chi connectivity index (χ3v) is 1.22. The van der Waals surface area contributed by atoms with Crippen molar-refractivity contribution in [3.8, 4) is 11.8 Å². The quantitative estimate of drug-likeness (QED) is 0.295. The first kappa shape index (κ1) is 11.4. The molecule has 0 aliphatic rings. The van der Waals surface area contributed by atoms with Crippen LogP contribution in [-0.2, 0) is 9.78 Å². The van der Waals surface area contributed by atoms with E-state index >= 15 is 0 Å². The normalized spacial score (nSPS) is 12.9. The summed E-state index contributed by atoms with van der Waals surface area (Å²) in [5.41, 5.74) is 0. The van der Waals surface area contributed by atoms with E-state index in [0.717, 1.165) is 0 Å². The minimum atomic E-state index is -1.10. The van der Waals surface area contributed by atoms with Gasteiger partial charge in [-0.25, -0.2) is 20.3 Å². The molecule has 70 valence electrons. The first-order valence-electron chi connectivity index (χ1n) is 3.73. The molecule has 0 aliphatic carbocycles. The Labute approximate surface area is 72.0 Å². The fraction of sp³-hybridized carbons (Fsp3) is 0.750. The maximum atomic E-state index is 8.21.